The summed E-state index contributed by atoms with van der Waals surface area (Å²) in [6.07, 6.45) is -0.239. The number of hydrogen-bond donors (Lipinski definition) is 0. The van der Waals surface area contributed by atoms with E-state index < -0.39 is 7.60 Å². The molecule has 2 aromatic rings. The van der Waals surface area contributed by atoms with E-state index in [0.29, 0.717) is 21.5 Å². The van der Waals surface area contributed by atoms with E-state index in [-0.39, 0.29) is 19.4 Å². The van der Waals surface area contributed by atoms with Crippen molar-refractivity contribution in [3.63, 3.8) is 0 Å². The second-order valence-electron chi connectivity index (χ2n) is 6.06. The molecule has 0 heterocycles. The zero-order chi connectivity index (χ0) is 20.7. The number of benzene rings is 2. The molecule has 2 rings (SSSR count). The first kappa shape index (κ1) is 22.1. The molecule has 28 heavy (non-hydrogen) atoms. The molecule has 0 fully saturated rings. The summed E-state index contributed by atoms with van der Waals surface area (Å²) in [7, 11) is -3.81. The molecule has 0 bridgehead atoms. The van der Waals surface area contributed by atoms with Crippen LogP contribution in [0.3, 0.4) is 0 Å². The molecule has 0 saturated carbocycles. The Balaban J connectivity index is 2.36. The maximum atomic E-state index is 13.5. The first-order valence-electron chi connectivity index (χ1n) is 8.23. The average molecular weight is 438 g/mol. The largest absolute Gasteiger partial charge is 0.444 e. The SMILES string of the molecule is Cc1cc(OP(=O)(CN(CC#N)CC#N)Oc2ccc(Cl)c(C)c2)ccc1Cl. The van der Waals surface area contributed by atoms with Gasteiger partial charge >= 0.3 is 7.60 Å². The Morgan fingerprint density at radius 3 is 1.71 bits per heavy atom. The number of hydrogen-bond acceptors (Lipinski definition) is 6. The van der Waals surface area contributed by atoms with Gasteiger partial charge in [-0.15, -0.1) is 0 Å². The molecule has 0 unspecified atom stereocenters. The van der Waals surface area contributed by atoms with Crippen LogP contribution in [0.1, 0.15) is 11.1 Å². The van der Waals surface area contributed by atoms with Crippen molar-refractivity contribution < 1.29 is 13.6 Å². The van der Waals surface area contributed by atoms with Crippen LogP contribution in [-0.2, 0) is 4.57 Å². The van der Waals surface area contributed by atoms with Crippen molar-refractivity contribution in [1.29, 1.82) is 10.5 Å². The van der Waals surface area contributed by atoms with Crippen LogP contribution in [0.15, 0.2) is 36.4 Å². The zero-order valence-electron chi connectivity index (χ0n) is 15.4. The summed E-state index contributed by atoms with van der Waals surface area (Å²) < 4.78 is 25.0. The quantitative estimate of drug-likeness (QED) is 0.396. The molecule has 0 aromatic heterocycles. The van der Waals surface area contributed by atoms with Crippen LogP contribution in [0, 0.1) is 36.5 Å². The van der Waals surface area contributed by atoms with Crippen molar-refractivity contribution >= 4 is 30.8 Å². The van der Waals surface area contributed by atoms with Crippen LogP contribution < -0.4 is 9.05 Å². The molecule has 0 radical (unpaired) electrons. The molecule has 0 spiro atoms. The fourth-order valence-corrected chi connectivity index (χ4v) is 4.29. The standard InChI is InChI=1S/C19H18Cl2N3O3P/c1-14-11-16(3-5-18(14)20)26-28(25,13-24(9-7-22)10-8-23)27-17-4-6-19(21)15(2)12-17/h3-6,11-12H,9-10,13H2,1-2H3. The monoisotopic (exact) mass is 437 g/mol. The Bertz CT molecular complexity index is 912. The van der Waals surface area contributed by atoms with Crippen LogP contribution in [0.2, 0.25) is 10.0 Å². The summed E-state index contributed by atoms with van der Waals surface area (Å²) >= 11 is 12.1. The van der Waals surface area contributed by atoms with Gasteiger partial charge in [0.2, 0.25) is 0 Å². The summed E-state index contributed by atoms with van der Waals surface area (Å²) in [6, 6.07) is 13.6. The molecular weight excluding hydrogens is 420 g/mol. The van der Waals surface area contributed by atoms with Crippen molar-refractivity contribution in [2.45, 2.75) is 13.8 Å². The van der Waals surface area contributed by atoms with Crippen LogP contribution in [0.25, 0.3) is 0 Å². The van der Waals surface area contributed by atoms with Gasteiger partial charge in [0, 0.05) is 10.0 Å². The smallest absolute Gasteiger partial charge is 0.415 e. The summed E-state index contributed by atoms with van der Waals surface area (Å²) in [6.45, 7) is 3.40. The third-order valence-electron chi connectivity index (χ3n) is 3.71. The van der Waals surface area contributed by atoms with E-state index in [1.807, 2.05) is 12.1 Å². The number of nitrogens with zero attached hydrogens (tertiary/aromatic N) is 3. The lowest BCUT2D eigenvalue weighted by molar-refractivity contribution is 0.325. The fraction of sp³-hybridized carbons (Fsp3) is 0.263. The first-order chi connectivity index (χ1) is 13.3. The zero-order valence-corrected chi connectivity index (χ0v) is 17.8. The van der Waals surface area contributed by atoms with Crippen LogP contribution in [0.5, 0.6) is 11.5 Å². The lowest BCUT2D eigenvalue weighted by Crippen LogP contribution is -2.28. The second kappa shape index (κ2) is 9.82. The van der Waals surface area contributed by atoms with Gasteiger partial charge in [0.25, 0.3) is 0 Å². The molecule has 0 amide bonds. The van der Waals surface area contributed by atoms with Crippen molar-refractivity contribution in [3.8, 4) is 23.6 Å². The molecule has 6 nitrogen and oxygen atoms in total. The molecule has 9 heteroatoms. The van der Waals surface area contributed by atoms with Gasteiger partial charge in [-0.1, -0.05) is 23.2 Å². The Morgan fingerprint density at radius 1 is 0.929 bits per heavy atom. The predicted molar refractivity (Wildman–Crippen MR) is 109 cm³/mol. The Kier molecular flexibility index (Phi) is 7.75. The van der Waals surface area contributed by atoms with Gasteiger partial charge in [-0.25, -0.2) is 4.57 Å². The van der Waals surface area contributed by atoms with Crippen LogP contribution >= 0.6 is 30.8 Å². The molecule has 0 aliphatic heterocycles. The Hall–Kier alpha value is -2.21. The predicted octanol–water partition coefficient (Wildman–Crippen LogP) is 5.57. The Morgan fingerprint density at radius 2 is 1.36 bits per heavy atom. The number of aryl methyl sites for hydroxylation is 2. The van der Waals surface area contributed by atoms with Crippen LogP contribution in [0.4, 0.5) is 0 Å². The highest BCUT2D eigenvalue weighted by atomic mass is 35.5. The fourth-order valence-electron chi connectivity index (χ4n) is 2.35. The normalized spacial score (nSPS) is 11.0. The molecule has 0 saturated heterocycles. The Labute approximate surface area is 174 Å². The molecule has 0 N–H and O–H groups in total. The van der Waals surface area contributed by atoms with Gasteiger partial charge < -0.3 is 9.05 Å². The highest BCUT2D eigenvalue weighted by molar-refractivity contribution is 7.54. The second-order valence-corrected chi connectivity index (χ2v) is 8.74. The molecule has 146 valence electrons. The van der Waals surface area contributed by atoms with Crippen LogP contribution in [-0.4, -0.2) is 24.3 Å². The van der Waals surface area contributed by atoms with Gasteiger partial charge in [0.15, 0.2) is 0 Å². The van der Waals surface area contributed by atoms with E-state index in [1.165, 1.54) is 4.90 Å². The summed E-state index contributed by atoms with van der Waals surface area (Å²) in [5.74, 6) is 0.620. The number of halogens is 2. The highest BCUT2D eigenvalue weighted by Gasteiger charge is 2.32. The third-order valence-corrected chi connectivity index (χ3v) is 6.28. The summed E-state index contributed by atoms with van der Waals surface area (Å²) in [4.78, 5) is 1.40. The van der Waals surface area contributed by atoms with Gasteiger partial charge in [0.05, 0.1) is 25.2 Å². The van der Waals surface area contributed by atoms with Gasteiger partial charge in [-0.05, 0) is 61.4 Å². The summed E-state index contributed by atoms with van der Waals surface area (Å²) in [5, 5.41) is 19.0. The minimum absolute atomic E-state index is 0.0937. The molecule has 2 aromatic carbocycles. The van der Waals surface area contributed by atoms with Gasteiger partial charge in [-0.3, -0.25) is 4.90 Å². The topological polar surface area (TPSA) is 86.4 Å². The minimum atomic E-state index is -3.81. The molecule has 0 aliphatic carbocycles. The first-order valence-corrected chi connectivity index (χ1v) is 10.7. The minimum Gasteiger partial charge on any atom is -0.415 e. The number of nitriles is 2. The van der Waals surface area contributed by atoms with E-state index in [1.54, 1.807) is 50.2 Å². The third kappa shape index (κ3) is 6.16. The van der Waals surface area contributed by atoms with E-state index in [9.17, 15) is 4.57 Å². The van der Waals surface area contributed by atoms with E-state index in [2.05, 4.69) is 0 Å². The lowest BCUT2D eigenvalue weighted by Gasteiger charge is -2.25. The van der Waals surface area contributed by atoms with E-state index >= 15 is 0 Å². The highest BCUT2D eigenvalue weighted by Crippen LogP contribution is 2.49. The molecule has 0 atom stereocenters. The molecular formula is C19H18Cl2N3O3P. The maximum absolute atomic E-state index is 13.5. The van der Waals surface area contributed by atoms with Crippen molar-refractivity contribution in [3.05, 3.63) is 57.6 Å². The number of rotatable bonds is 8. The average Bonchev–Trinajstić information content (AvgIpc) is 2.62. The molecule has 0 aliphatic rings. The lowest BCUT2D eigenvalue weighted by atomic mass is 10.2. The summed E-state index contributed by atoms with van der Waals surface area (Å²) in [5.41, 5.74) is 1.50. The van der Waals surface area contributed by atoms with Gasteiger partial charge in [0.1, 0.15) is 17.8 Å². The maximum Gasteiger partial charge on any atom is 0.444 e. The van der Waals surface area contributed by atoms with E-state index in [4.69, 9.17) is 42.8 Å². The van der Waals surface area contributed by atoms with Crippen molar-refractivity contribution in [2.75, 3.05) is 19.4 Å². The van der Waals surface area contributed by atoms with E-state index in [0.717, 1.165) is 11.1 Å². The van der Waals surface area contributed by atoms with Crippen molar-refractivity contribution in [1.82, 2.24) is 4.90 Å². The van der Waals surface area contributed by atoms with Gasteiger partial charge in [-0.2, -0.15) is 10.5 Å². The van der Waals surface area contributed by atoms with Crippen molar-refractivity contribution in [2.24, 2.45) is 0 Å².